The average molecular weight is 238 g/mol. The van der Waals surface area contributed by atoms with E-state index in [2.05, 4.69) is 29.5 Å². The molecule has 1 saturated carbocycles. The van der Waals surface area contributed by atoms with Crippen molar-refractivity contribution >= 4 is 11.3 Å². The lowest BCUT2D eigenvalue weighted by Crippen LogP contribution is -2.39. The summed E-state index contributed by atoms with van der Waals surface area (Å²) in [7, 11) is 0. The first kappa shape index (κ1) is 12.1. The second kappa shape index (κ2) is 5.78. The van der Waals surface area contributed by atoms with Crippen molar-refractivity contribution < 1.29 is 0 Å². The van der Waals surface area contributed by atoms with E-state index in [4.69, 9.17) is 0 Å². The van der Waals surface area contributed by atoms with Gasteiger partial charge in [-0.15, -0.1) is 11.3 Å². The normalized spacial score (nSPS) is 27.9. The van der Waals surface area contributed by atoms with Gasteiger partial charge in [-0.2, -0.15) is 0 Å². The number of hydrogen-bond acceptors (Lipinski definition) is 3. The molecule has 1 aliphatic rings. The Balaban J connectivity index is 1.78. The Labute approximate surface area is 102 Å². The molecular formula is C13H22N2S. The molecule has 3 unspecified atom stereocenters. The molecule has 2 rings (SSSR count). The van der Waals surface area contributed by atoms with Gasteiger partial charge in [0, 0.05) is 30.1 Å². The van der Waals surface area contributed by atoms with E-state index >= 15 is 0 Å². The zero-order chi connectivity index (χ0) is 11.4. The standard InChI is InChI=1S/C13H22N2S/c1-10-5-3-4-6-12(10)15-9-11(2)13-14-7-8-16-13/h7-8,10-12,15H,3-6,9H2,1-2H3. The second-order valence-corrected chi connectivity index (χ2v) is 5.97. The largest absolute Gasteiger partial charge is 0.313 e. The summed E-state index contributed by atoms with van der Waals surface area (Å²) in [4.78, 5) is 4.38. The lowest BCUT2D eigenvalue weighted by atomic mass is 9.86. The maximum absolute atomic E-state index is 4.38. The molecule has 0 saturated heterocycles. The molecule has 2 nitrogen and oxygen atoms in total. The van der Waals surface area contributed by atoms with E-state index in [0.29, 0.717) is 5.92 Å². The molecule has 0 aromatic carbocycles. The van der Waals surface area contributed by atoms with Gasteiger partial charge in [-0.3, -0.25) is 0 Å². The van der Waals surface area contributed by atoms with Gasteiger partial charge in [0.15, 0.2) is 0 Å². The number of hydrogen-bond donors (Lipinski definition) is 1. The van der Waals surface area contributed by atoms with Gasteiger partial charge in [0.05, 0.1) is 5.01 Å². The lowest BCUT2D eigenvalue weighted by Gasteiger charge is -2.30. The number of nitrogens with zero attached hydrogens (tertiary/aromatic N) is 1. The summed E-state index contributed by atoms with van der Waals surface area (Å²) in [5, 5.41) is 7.05. The molecule has 0 radical (unpaired) electrons. The zero-order valence-electron chi connectivity index (χ0n) is 10.3. The zero-order valence-corrected chi connectivity index (χ0v) is 11.1. The molecule has 1 fully saturated rings. The molecule has 3 atom stereocenters. The third kappa shape index (κ3) is 3.05. The summed E-state index contributed by atoms with van der Waals surface area (Å²) in [6.07, 6.45) is 7.46. The number of nitrogens with one attached hydrogen (secondary N) is 1. The highest BCUT2D eigenvalue weighted by atomic mass is 32.1. The molecule has 0 amide bonds. The first-order valence-corrected chi connectivity index (χ1v) is 7.28. The van der Waals surface area contributed by atoms with Crippen LogP contribution in [0.2, 0.25) is 0 Å². The summed E-state index contributed by atoms with van der Waals surface area (Å²) >= 11 is 1.77. The van der Waals surface area contributed by atoms with Crippen molar-refractivity contribution in [1.82, 2.24) is 10.3 Å². The molecule has 1 aromatic heterocycles. The highest BCUT2D eigenvalue weighted by Crippen LogP contribution is 2.24. The summed E-state index contributed by atoms with van der Waals surface area (Å²) in [5.41, 5.74) is 0. The summed E-state index contributed by atoms with van der Waals surface area (Å²) in [5.74, 6) is 1.39. The SMILES string of the molecule is CC(CNC1CCCCC1C)c1nccs1. The number of rotatable bonds is 4. The van der Waals surface area contributed by atoms with E-state index in [1.165, 1.54) is 30.7 Å². The first-order valence-electron chi connectivity index (χ1n) is 6.40. The van der Waals surface area contributed by atoms with Gasteiger partial charge in [-0.05, 0) is 18.8 Å². The van der Waals surface area contributed by atoms with Crippen LogP contribution in [0, 0.1) is 5.92 Å². The van der Waals surface area contributed by atoms with Gasteiger partial charge in [0.2, 0.25) is 0 Å². The van der Waals surface area contributed by atoms with Crippen LogP contribution in [0.4, 0.5) is 0 Å². The second-order valence-electron chi connectivity index (χ2n) is 5.05. The van der Waals surface area contributed by atoms with Crippen molar-refractivity contribution in [1.29, 1.82) is 0 Å². The van der Waals surface area contributed by atoms with Gasteiger partial charge in [-0.1, -0.05) is 26.7 Å². The Morgan fingerprint density at radius 3 is 3.00 bits per heavy atom. The predicted molar refractivity (Wildman–Crippen MR) is 70.0 cm³/mol. The smallest absolute Gasteiger partial charge is 0.0965 e. The van der Waals surface area contributed by atoms with Gasteiger partial charge in [-0.25, -0.2) is 4.98 Å². The van der Waals surface area contributed by atoms with Crippen molar-refractivity contribution in [2.45, 2.75) is 51.5 Å². The van der Waals surface area contributed by atoms with E-state index in [-0.39, 0.29) is 0 Å². The lowest BCUT2D eigenvalue weighted by molar-refractivity contribution is 0.278. The van der Waals surface area contributed by atoms with Crippen molar-refractivity contribution in [2.75, 3.05) is 6.54 Å². The molecule has 1 aromatic rings. The Hall–Kier alpha value is -0.410. The maximum Gasteiger partial charge on any atom is 0.0965 e. The fourth-order valence-corrected chi connectivity index (χ4v) is 3.21. The van der Waals surface area contributed by atoms with Gasteiger partial charge >= 0.3 is 0 Å². The Kier molecular flexibility index (Phi) is 4.36. The third-order valence-corrected chi connectivity index (χ3v) is 4.68. The summed E-state index contributed by atoms with van der Waals surface area (Å²) in [6, 6.07) is 0.733. The molecule has 1 heterocycles. The van der Waals surface area contributed by atoms with Crippen LogP contribution >= 0.6 is 11.3 Å². The van der Waals surface area contributed by atoms with Crippen LogP contribution in [0.25, 0.3) is 0 Å². The number of aromatic nitrogens is 1. The highest BCUT2D eigenvalue weighted by molar-refractivity contribution is 7.09. The van der Waals surface area contributed by atoms with E-state index in [1.807, 2.05) is 6.20 Å². The van der Waals surface area contributed by atoms with Crippen LogP contribution in [0.3, 0.4) is 0 Å². The Bertz CT molecular complexity index is 297. The predicted octanol–water partition coefficient (Wildman–Crippen LogP) is 3.41. The molecule has 0 spiro atoms. The minimum Gasteiger partial charge on any atom is -0.313 e. The van der Waals surface area contributed by atoms with Crippen molar-refractivity contribution in [3.63, 3.8) is 0 Å². The average Bonchev–Trinajstić information content (AvgIpc) is 2.81. The van der Waals surface area contributed by atoms with Crippen molar-refractivity contribution in [3.05, 3.63) is 16.6 Å². The summed E-state index contributed by atoms with van der Waals surface area (Å²) in [6.45, 7) is 5.72. The number of thiazole rings is 1. The molecule has 3 heteroatoms. The summed E-state index contributed by atoms with van der Waals surface area (Å²) < 4.78 is 0. The molecule has 1 aliphatic carbocycles. The maximum atomic E-state index is 4.38. The van der Waals surface area contributed by atoms with Crippen molar-refractivity contribution in [2.24, 2.45) is 5.92 Å². The monoisotopic (exact) mass is 238 g/mol. The fourth-order valence-electron chi connectivity index (χ4n) is 2.51. The van der Waals surface area contributed by atoms with E-state index in [0.717, 1.165) is 18.5 Å². The van der Waals surface area contributed by atoms with Gasteiger partial charge in [0.1, 0.15) is 0 Å². The van der Waals surface area contributed by atoms with Crippen LogP contribution in [0.15, 0.2) is 11.6 Å². The quantitative estimate of drug-likeness (QED) is 0.869. The molecule has 1 N–H and O–H groups in total. The van der Waals surface area contributed by atoms with Crippen molar-refractivity contribution in [3.8, 4) is 0 Å². The van der Waals surface area contributed by atoms with Gasteiger partial charge in [0.25, 0.3) is 0 Å². The molecular weight excluding hydrogens is 216 g/mol. The first-order chi connectivity index (χ1) is 7.77. The third-order valence-electron chi connectivity index (χ3n) is 3.67. The Morgan fingerprint density at radius 1 is 1.50 bits per heavy atom. The van der Waals surface area contributed by atoms with Crippen LogP contribution in [0.5, 0.6) is 0 Å². The fraction of sp³-hybridized carbons (Fsp3) is 0.769. The molecule has 0 aliphatic heterocycles. The van der Waals surface area contributed by atoms with Crippen LogP contribution in [-0.2, 0) is 0 Å². The molecule has 90 valence electrons. The van der Waals surface area contributed by atoms with Crippen LogP contribution < -0.4 is 5.32 Å². The van der Waals surface area contributed by atoms with Gasteiger partial charge < -0.3 is 5.32 Å². The highest BCUT2D eigenvalue weighted by Gasteiger charge is 2.21. The van der Waals surface area contributed by atoms with Crippen LogP contribution in [-0.4, -0.2) is 17.6 Å². The van der Waals surface area contributed by atoms with E-state index < -0.39 is 0 Å². The van der Waals surface area contributed by atoms with E-state index in [9.17, 15) is 0 Å². The van der Waals surface area contributed by atoms with E-state index in [1.54, 1.807) is 11.3 Å². The van der Waals surface area contributed by atoms with Crippen LogP contribution in [0.1, 0.15) is 50.5 Å². The molecule has 0 bridgehead atoms. The Morgan fingerprint density at radius 2 is 2.31 bits per heavy atom. The minimum absolute atomic E-state index is 0.550. The topological polar surface area (TPSA) is 24.9 Å². The molecule has 16 heavy (non-hydrogen) atoms. The minimum atomic E-state index is 0.550.